The maximum Gasteiger partial charge on any atom is 0.0954 e. The molecule has 0 amide bonds. The number of hydrogen-bond donors (Lipinski definition) is 1. The van der Waals surface area contributed by atoms with Gasteiger partial charge in [0.05, 0.1) is 11.1 Å². The van der Waals surface area contributed by atoms with Crippen molar-refractivity contribution in [2.75, 3.05) is 0 Å². The minimum atomic E-state index is -0.397. The van der Waals surface area contributed by atoms with Crippen molar-refractivity contribution in [3.8, 4) is 0 Å². The monoisotopic (exact) mass is 211 g/mol. The van der Waals surface area contributed by atoms with Gasteiger partial charge in [0.25, 0.3) is 0 Å². The van der Waals surface area contributed by atoms with E-state index in [0.29, 0.717) is 6.42 Å². The van der Waals surface area contributed by atoms with E-state index in [2.05, 4.69) is 4.98 Å². The lowest BCUT2D eigenvalue weighted by Gasteiger charge is -2.04. The van der Waals surface area contributed by atoms with Gasteiger partial charge in [-0.2, -0.15) is 0 Å². The van der Waals surface area contributed by atoms with Crippen LogP contribution in [0.3, 0.4) is 0 Å². The molecule has 4 heteroatoms. The minimum absolute atomic E-state index is 0.397. The fourth-order valence-corrected chi connectivity index (χ4v) is 2.47. The molecule has 1 atom stereocenters. The van der Waals surface area contributed by atoms with Gasteiger partial charge < -0.3 is 5.11 Å². The number of aliphatic hydroxyl groups excluding tert-OH is 1. The lowest BCUT2D eigenvalue weighted by Crippen LogP contribution is -1.98. The molecule has 0 saturated carbocycles. The Bertz CT molecular complexity index is 342. The molecule has 2 aromatic heterocycles. The van der Waals surface area contributed by atoms with Crippen LogP contribution in [0.2, 0.25) is 0 Å². The Labute approximate surface area is 84.5 Å². The Morgan fingerprint density at radius 3 is 2.92 bits per heavy atom. The molecule has 0 fully saturated rings. The first-order chi connectivity index (χ1) is 6.36. The Morgan fingerprint density at radius 2 is 2.31 bits per heavy atom. The van der Waals surface area contributed by atoms with Gasteiger partial charge in [0.2, 0.25) is 0 Å². The Hall–Kier alpha value is -0.710. The fourth-order valence-electron chi connectivity index (χ4n) is 1.10. The van der Waals surface area contributed by atoms with E-state index in [4.69, 9.17) is 0 Å². The van der Waals surface area contributed by atoms with Gasteiger partial charge in [-0.1, -0.05) is 6.07 Å². The second-order valence-electron chi connectivity index (χ2n) is 2.66. The highest BCUT2D eigenvalue weighted by Crippen LogP contribution is 2.23. The Balaban J connectivity index is 2.04. The normalized spacial score (nSPS) is 13.0. The lowest BCUT2D eigenvalue weighted by molar-refractivity contribution is 0.182. The van der Waals surface area contributed by atoms with Crippen molar-refractivity contribution in [2.45, 2.75) is 12.5 Å². The van der Waals surface area contributed by atoms with Gasteiger partial charge in [0.15, 0.2) is 0 Å². The molecule has 1 N–H and O–H groups in total. The van der Waals surface area contributed by atoms with Crippen LogP contribution >= 0.6 is 22.7 Å². The first-order valence-electron chi connectivity index (χ1n) is 3.96. The number of thiazole rings is 1. The highest BCUT2D eigenvalue weighted by atomic mass is 32.1. The molecule has 0 aliphatic heterocycles. The summed E-state index contributed by atoms with van der Waals surface area (Å²) in [6, 6.07) is 3.90. The number of nitrogens with zero attached hydrogens (tertiary/aromatic N) is 1. The van der Waals surface area contributed by atoms with E-state index in [-0.39, 0.29) is 0 Å². The smallest absolute Gasteiger partial charge is 0.0954 e. The summed E-state index contributed by atoms with van der Waals surface area (Å²) in [7, 11) is 0. The molecule has 2 heterocycles. The molecule has 2 aromatic rings. The summed E-state index contributed by atoms with van der Waals surface area (Å²) in [6.07, 6.45) is 1.99. The van der Waals surface area contributed by atoms with E-state index in [1.807, 2.05) is 22.9 Å². The molecular weight excluding hydrogens is 202 g/mol. The van der Waals surface area contributed by atoms with Gasteiger partial charge >= 0.3 is 0 Å². The predicted octanol–water partition coefficient (Wildman–Crippen LogP) is 2.48. The third kappa shape index (κ3) is 2.15. The molecule has 2 nitrogen and oxygen atoms in total. The minimum Gasteiger partial charge on any atom is -0.387 e. The van der Waals surface area contributed by atoms with E-state index in [9.17, 15) is 5.11 Å². The largest absolute Gasteiger partial charge is 0.387 e. The van der Waals surface area contributed by atoms with Crippen LogP contribution < -0.4 is 0 Å². The molecule has 68 valence electrons. The van der Waals surface area contributed by atoms with Crippen molar-refractivity contribution in [3.63, 3.8) is 0 Å². The third-order valence-electron chi connectivity index (χ3n) is 1.72. The van der Waals surface area contributed by atoms with E-state index in [0.717, 1.165) is 9.88 Å². The summed E-state index contributed by atoms with van der Waals surface area (Å²) in [6.45, 7) is 0. The van der Waals surface area contributed by atoms with Crippen LogP contribution in [0.5, 0.6) is 0 Å². The summed E-state index contributed by atoms with van der Waals surface area (Å²) in [5.74, 6) is 0. The van der Waals surface area contributed by atoms with E-state index < -0.39 is 6.10 Å². The van der Waals surface area contributed by atoms with Crippen LogP contribution in [0.1, 0.15) is 16.0 Å². The van der Waals surface area contributed by atoms with Crippen molar-refractivity contribution in [1.82, 2.24) is 4.98 Å². The second kappa shape index (κ2) is 4.00. The van der Waals surface area contributed by atoms with Crippen molar-refractivity contribution in [2.24, 2.45) is 0 Å². The van der Waals surface area contributed by atoms with Crippen LogP contribution in [0.4, 0.5) is 0 Å². The summed E-state index contributed by atoms with van der Waals surface area (Å²) in [5, 5.41) is 14.6. The van der Waals surface area contributed by atoms with E-state index >= 15 is 0 Å². The van der Waals surface area contributed by atoms with Crippen LogP contribution in [0.25, 0.3) is 0 Å². The zero-order chi connectivity index (χ0) is 9.10. The van der Waals surface area contributed by atoms with Crippen LogP contribution in [-0.4, -0.2) is 10.1 Å². The van der Waals surface area contributed by atoms with Crippen LogP contribution in [-0.2, 0) is 6.42 Å². The van der Waals surface area contributed by atoms with Crippen LogP contribution in [0, 0.1) is 0 Å². The molecule has 13 heavy (non-hydrogen) atoms. The zero-order valence-corrected chi connectivity index (χ0v) is 8.52. The van der Waals surface area contributed by atoms with Crippen molar-refractivity contribution < 1.29 is 5.11 Å². The molecular formula is C9H9NOS2. The second-order valence-corrected chi connectivity index (χ2v) is 4.62. The van der Waals surface area contributed by atoms with Crippen molar-refractivity contribution >= 4 is 22.7 Å². The molecule has 0 aliphatic carbocycles. The van der Waals surface area contributed by atoms with E-state index in [1.165, 1.54) is 0 Å². The summed E-state index contributed by atoms with van der Waals surface area (Å²) < 4.78 is 0. The first-order valence-corrected chi connectivity index (χ1v) is 5.72. The summed E-state index contributed by atoms with van der Waals surface area (Å²) in [5.41, 5.74) is 0. The number of aliphatic hydroxyl groups is 1. The highest BCUT2D eigenvalue weighted by Gasteiger charge is 2.10. The van der Waals surface area contributed by atoms with Gasteiger partial charge in [0, 0.05) is 22.9 Å². The van der Waals surface area contributed by atoms with Gasteiger partial charge in [-0.15, -0.1) is 22.7 Å². The zero-order valence-electron chi connectivity index (χ0n) is 6.88. The highest BCUT2D eigenvalue weighted by molar-refractivity contribution is 7.10. The topological polar surface area (TPSA) is 33.1 Å². The molecule has 0 aromatic carbocycles. The van der Waals surface area contributed by atoms with E-state index in [1.54, 1.807) is 28.9 Å². The number of rotatable bonds is 3. The predicted molar refractivity (Wildman–Crippen MR) is 55.1 cm³/mol. The van der Waals surface area contributed by atoms with Crippen molar-refractivity contribution in [3.05, 3.63) is 39.0 Å². The fraction of sp³-hybridized carbons (Fsp3) is 0.222. The molecule has 0 spiro atoms. The first kappa shape index (κ1) is 8.87. The molecule has 0 saturated heterocycles. The average Bonchev–Trinajstić information content (AvgIpc) is 2.74. The van der Waals surface area contributed by atoms with Crippen molar-refractivity contribution in [1.29, 1.82) is 0 Å². The molecule has 0 bridgehead atoms. The number of hydrogen-bond acceptors (Lipinski definition) is 4. The Morgan fingerprint density at radius 1 is 1.38 bits per heavy atom. The SMILES string of the molecule is OC(Cc1nccs1)c1cccs1. The van der Waals surface area contributed by atoms with Gasteiger partial charge in [-0.05, 0) is 11.4 Å². The lowest BCUT2D eigenvalue weighted by atomic mass is 10.2. The molecule has 0 aliphatic rings. The van der Waals surface area contributed by atoms with Gasteiger partial charge in [-0.3, -0.25) is 0 Å². The van der Waals surface area contributed by atoms with Gasteiger partial charge in [-0.25, -0.2) is 4.98 Å². The quantitative estimate of drug-likeness (QED) is 0.846. The standard InChI is InChI=1S/C9H9NOS2/c11-7(8-2-1-4-12-8)6-9-10-3-5-13-9/h1-5,7,11H,6H2. The maximum atomic E-state index is 9.76. The summed E-state index contributed by atoms with van der Waals surface area (Å²) in [4.78, 5) is 5.14. The van der Waals surface area contributed by atoms with Gasteiger partial charge in [0.1, 0.15) is 0 Å². The third-order valence-corrected chi connectivity index (χ3v) is 3.50. The maximum absolute atomic E-state index is 9.76. The summed E-state index contributed by atoms with van der Waals surface area (Å²) >= 11 is 3.16. The molecule has 2 rings (SSSR count). The van der Waals surface area contributed by atoms with Crippen LogP contribution in [0.15, 0.2) is 29.1 Å². The Kier molecular flexibility index (Phi) is 2.73. The molecule has 1 unspecified atom stereocenters. The number of aromatic nitrogens is 1. The number of thiophene rings is 1. The molecule has 0 radical (unpaired) electrons. The average molecular weight is 211 g/mol.